The molecule has 1 rings (SSSR count). The van der Waals surface area contributed by atoms with E-state index in [0.717, 1.165) is 0 Å². The summed E-state index contributed by atoms with van der Waals surface area (Å²) in [5.41, 5.74) is 4.95. The molecule has 0 heterocycles. The number of carbonyl (C=O) groups is 2. The van der Waals surface area contributed by atoms with Crippen LogP contribution in [0.2, 0.25) is 0 Å². The maximum atomic E-state index is 10.9. The van der Waals surface area contributed by atoms with Crippen LogP contribution in [0.5, 0.6) is 0 Å². The standard InChI is InChI=1S/C8H7NO3.K.H/c9-8(11)12-7(10)6-4-2-1-3-5-6;;/h1-5H,(H2,9,11);;/q;+1;-1. The van der Waals surface area contributed by atoms with Crippen molar-refractivity contribution in [1.82, 2.24) is 0 Å². The summed E-state index contributed by atoms with van der Waals surface area (Å²) in [6, 6.07) is 8.15. The molecule has 2 N–H and O–H groups in total. The predicted molar refractivity (Wildman–Crippen MR) is 42.6 cm³/mol. The van der Waals surface area contributed by atoms with Crippen LogP contribution in [0.1, 0.15) is 11.8 Å². The van der Waals surface area contributed by atoms with Crippen molar-refractivity contribution in [3.63, 3.8) is 0 Å². The number of nitrogens with two attached hydrogens (primary N) is 1. The number of hydrogen-bond donors (Lipinski definition) is 1. The molecule has 0 radical (unpaired) electrons. The molecule has 0 saturated heterocycles. The zero-order chi connectivity index (χ0) is 8.97. The third kappa shape index (κ3) is 4.54. The minimum Gasteiger partial charge on any atom is -1.00 e. The second-order valence-electron chi connectivity index (χ2n) is 2.07. The van der Waals surface area contributed by atoms with E-state index < -0.39 is 12.1 Å². The van der Waals surface area contributed by atoms with Crippen molar-refractivity contribution < 1.29 is 67.1 Å². The molecule has 13 heavy (non-hydrogen) atoms. The van der Waals surface area contributed by atoms with Gasteiger partial charge in [-0.1, -0.05) is 18.2 Å². The van der Waals surface area contributed by atoms with Crippen molar-refractivity contribution in [3.8, 4) is 0 Å². The zero-order valence-electron chi connectivity index (χ0n) is 8.19. The van der Waals surface area contributed by atoms with E-state index in [1.54, 1.807) is 18.2 Å². The Morgan fingerprint density at radius 2 is 1.77 bits per heavy atom. The number of primary amides is 1. The smallest absolute Gasteiger partial charge is 1.00 e. The van der Waals surface area contributed by atoms with Crippen molar-refractivity contribution >= 4 is 12.1 Å². The molecule has 0 bridgehead atoms. The fourth-order valence-electron chi connectivity index (χ4n) is 0.725. The van der Waals surface area contributed by atoms with Crippen molar-refractivity contribution in [2.75, 3.05) is 0 Å². The normalized spacial score (nSPS) is 8.31. The minimum atomic E-state index is -1.09. The summed E-state index contributed by atoms with van der Waals surface area (Å²) in [6.07, 6.45) is -1.09. The van der Waals surface area contributed by atoms with Crippen LogP contribution in [0, 0.1) is 0 Å². The Balaban J connectivity index is 0. The largest absolute Gasteiger partial charge is 1.00 e. The second kappa shape index (κ2) is 6.28. The number of ether oxygens (including phenoxy) is 1. The molecule has 0 atom stereocenters. The van der Waals surface area contributed by atoms with Crippen molar-refractivity contribution in [1.29, 1.82) is 0 Å². The Kier molecular flexibility index (Phi) is 6.18. The van der Waals surface area contributed by atoms with E-state index in [9.17, 15) is 9.59 Å². The molecule has 64 valence electrons. The Bertz CT molecular complexity index is 305. The Morgan fingerprint density at radius 3 is 2.23 bits per heavy atom. The molecule has 0 unspecified atom stereocenters. The van der Waals surface area contributed by atoms with Gasteiger partial charge in [0.1, 0.15) is 0 Å². The molecule has 1 aromatic carbocycles. The molecule has 0 saturated carbocycles. The number of esters is 1. The summed E-state index contributed by atoms with van der Waals surface area (Å²) in [5.74, 6) is -0.733. The maximum Gasteiger partial charge on any atom is 1.00 e. The SMILES string of the molecule is NC(=O)OC(=O)c1ccccc1.[H-].[K+]. The van der Waals surface area contributed by atoms with Gasteiger partial charge >= 0.3 is 63.4 Å². The monoisotopic (exact) mass is 205 g/mol. The molecule has 1 aromatic rings. The summed E-state index contributed by atoms with van der Waals surface area (Å²) in [7, 11) is 0. The summed E-state index contributed by atoms with van der Waals surface area (Å²) >= 11 is 0. The molecule has 0 fully saturated rings. The maximum absolute atomic E-state index is 10.9. The molecule has 5 heteroatoms. The third-order valence-electron chi connectivity index (χ3n) is 1.20. The van der Waals surface area contributed by atoms with E-state index >= 15 is 0 Å². The fraction of sp³-hybridized carbons (Fsp3) is 0. The number of amides is 1. The van der Waals surface area contributed by atoms with Crippen LogP contribution in [0.15, 0.2) is 30.3 Å². The van der Waals surface area contributed by atoms with Gasteiger partial charge in [-0.3, -0.25) is 0 Å². The second-order valence-corrected chi connectivity index (χ2v) is 2.07. The van der Waals surface area contributed by atoms with Gasteiger partial charge in [0.25, 0.3) is 0 Å². The van der Waals surface area contributed by atoms with Gasteiger partial charge in [-0.25, -0.2) is 9.59 Å². The summed E-state index contributed by atoms with van der Waals surface area (Å²) in [4.78, 5) is 21.1. The zero-order valence-corrected chi connectivity index (χ0v) is 10.3. The Labute approximate surface area is 119 Å². The van der Waals surface area contributed by atoms with E-state index in [1.165, 1.54) is 12.1 Å². The first-order valence-electron chi connectivity index (χ1n) is 3.27. The first kappa shape index (κ1) is 12.8. The van der Waals surface area contributed by atoms with Crippen LogP contribution >= 0.6 is 0 Å². The van der Waals surface area contributed by atoms with Crippen molar-refractivity contribution in [3.05, 3.63) is 35.9 Å². The van der Waals surface area contributed by atoms with Crippen LogP contribution in [0.3, 0.4) is 0 Å². The number of benzene rings is 1. The van der Waals surface area contributed by atoms with Crippen LogP contribution in [-0.2, 0) is 4.74 Å². The molecule has 0 spiro atoms. The summed E-state index contributed by atoms with van der Waals surface area (Å²) in [6.45, 7) is 0. The van der Waals surface area contributed by atoms with E-state index in [-0.39, 0.29) is 52.8 Å². The van der Waals surface area contributed by atoms with Crippen molar-refractivity contribution in [2.45, 2.75) is 0 Å². The van der Waals surface area contributed by atoms with Gasteiger partial charge in [0, 0.05) is 0 Å². The average molecular weight is 205 g/mol. The number of hydrogen-bond acceptors (Lipinski definition) is 3. The van der Waals surface area contributed by atoms with Gasteiger partial charge in [-0.2, -0.15) is 0 Å². The van der Waals surface area contributed by atoms with E-state index in [4.69, 9.17) is 0 Å². The average Bonchev–Trinajstić information content (AvgIpc) is 2.05. The van der Waals surface area contributed by atoms with Crippen LogP contribution < -0.4 is 57.1 Å². The molecular weight excluding hydrogens is 197 g/mol. The van der Waals surface area contributed by atoms with Crippen LogP contribution in [0.25, 0.3) is 0 Å². The van der Waals surface area contributed by atoms with Gasteiger partial charge in [0.05, 0.1) is 5.56 Å². The van der Waals surface area contributed by atoms with Gasteiger partial charge in [0.2, 0.25) is 0 Å². The quantitative estimate of drug-likeness (QED) is 0.329. The Morgan fingerprint density at radius 1 is 1.23 bits per heavy atom. The molecular formula is C8H8KNO3. The molecule has 0 aliphatic heterocycles. The number of carbonyl (C=O) groups excluding carboxylic acids is 2. The van der Waals surface area contributed by atoms with Crippen LogP contribution in [0.4, 0.5) is 4.79 Å². The minimum absolute atomic E-state index is 0. The Hall–Kier alpha value is -0.204. The predicted octanol–water partition coefficient (Wildman–Crippen LogP) is -1.96. The summed E-state index contributed by atoms with van der Waals surface area (Å²) in [5, 5.41) is 0. The van der Waals surface area contributed by atoms with Gasteiger partial charge in [-0.15, -0.1) is 0 Å². The van der Waals surface area contributed by atoms with E-state index in [0.29, 0.717) is 5.56 Å². The van der Waals surface area contributed by atoms with E-state index in [1.807, 2.05) is 0 Å². The van der Waals surface area contributed by atoms with Gasteiger partial charge < -0.3 is 11.9 Å². The topological polar surface area (TPSA) is 69.4 Å². The molecule has 0 aliphatic rings. The van der Waals surface area contributed by atoms with E-state index in [2.05, 4.69) is 10.5 Å². The number of rotatable bonds is 1. The first-order valence-corrected chi connectivity index (χ1v) is 3.27. The van der Waals surface area contributed by atoms with Crippen LogP contribution in [-0.4, -0.2) is 12.1 Å². The summed E-state index contributed by atoms with van der Waals surface area (Å²) < 4.78 is 4.14. The molecule has 0 aromatic heterocycles. The fourth-order valence-corrected chi connectivity index (χ4v) is 0.725. The van der Waals surface area contributed by atoms with Gasteiger partial charge in [0.15, 0.2) is 0 Å². The van der Waals surface area contributed by atoms with Crippen molar-refractivity contribution in [2.24, 2.45) is 5.73 Å². The molecule has 1 amide bonds. The molecule has 4 nitrogen and oxygen atoms in total. The molecule has 0 aliphatic carbocycles. The first-order chi connectivity index (χ1) is 5.70. The third-order valence-corrected chi connectivity index (χ3v) is 1.20. The van der Waals surface area contributed by atoms with Gasteiger partial charge in [-0.05, 0) is 12.1 Å².